The lowest BCUT2D eigenvalue weighted by Gasteiger charge is -2.11. The Kier molecular flexibility index (Phi) is 1.85. The maximum Gasteiger partial charge on any atom is -0.0197 e. The quantitative estimate of drug-likeness (QED) is 0.535. The van der Waals surface area contributed by atoms with Crippen LogP contribution >= 0.6 is 0 Å². The van der Waals surface area contributed by atoms with Gasteiger partial charge in [0.15, 0.2) is 0 Å². The van der Waals surface area contributed by atoms with Gasteiger partial charge < -0.3 is 0 Å². The van der Waals surface area contributed by atoms with E-state index in [0.29, 0.717) is 0 Å². The van der Waals surface area contributed by atoms with Gasteiger partial charge in [0.25, 0.3) is 0 Å². The topological polar surface area (TPSA) is 0 Å². The summed E-state index contributed by atoms with van der Waals surface area (Å²) in [5.41, 5.74) is 1.72. The van der Waals surface area contributed by atoms with Crippen molar-refractivity contribution in [2.45, 2.75) is 32.6 Å². The molecule has 2 bridgehead atoms. The van der Waals surface area contributed by atoms with Crippen LogP contribution in [0, 0.1) is 11.8 Å². The Balaban J connectivity index is 2.07. The van der Waals surface area contributed by atoms with E-state index < -0.39 is 0 Å². The van der Waals surface area contributed by atoms with Crippen molar-refractivity contribution in [3.8, 4) is 0 Å². The highest BCUT2D eigenvalue weighted by Gasteiger charge is 2.34. The maximum atomic E-state index is 2.34. The van der Waals surface area contributed by atoms with E-state index >= 15 is 0 Å². The second kappa shape index (κ2) is 2.84. The van der Waals surface area contributed by atoms with Crippen LogP contribution in [0.25, 0.3) is 0 Å². The predicted molar refractivity (Wildman–Crippen MR) is 48.3 cm³/mol. The lowest BCUT2D eigenvalue weighted by molar-refractivity contribution is 0.561. The molecule has 0 N–H and O–H groups in total. The Morgan fingerprint density at radius 2 is 2.27 bits per heavy atom. The molecule has 0 aromatic carbocycles. The zero-order chi connectivity index (χ0) is 7.68. The van der Waals surface area contributed by atoms with Crippen molar-refractivity contribution in [2.24, 2.45) is 11.8 Å². The highest BCUT2D eigenvalue weighted by molar-refractivity contribution is 5.21. The van der Waals surface area contributed by atoms with Crippen LogP contribution in [0.2, 0.25) is 0 Å². The molecule has 2 unspecified atom stereocenters. The lowest BCUT2D eigenvalue weighted by atomic mass is 9.94. The molecule has 0 nitrogen and oxygen atoms in total. The minimum absolute atomic E-state index is 0.969. The van der Waals surface area contributed by atoms with Crippen LogP contribution in [-0.4, -0.2) is 0 Å². The normalized spacial score (nSPS) is 39.5. The number of fused-ring (bicyclic) bond motifs is 2. The molecule has 0 spiro atoms. The van der Waals surface area contributed by atoms with Crippen molar-refractivity contribution >= 4 is 0 Å². The Bertz CT molecular complexity index is 198. The molecule has 2 fully saturated rings. The van der Waals surface area contributed by atoms with Gasteiger partial charge in [-0.05, 0) is 44.4 Å². The van der Waals surface area contributed by atoms with E-state index in [1.54, 1.807) is 5.57 Å². The average molecular weight is 148 g/mol. The minimum atomic E-state index is 0.969. The zero-order valence-electron chi connectivity index (χ0n) is 7.22. The van der Waals surface area contributed by atoms with Crippen molar-refractivity contribution in [1.82, 2.24) is 0 Å². The molecule has 0 aromatic rings. The molecule has 0 aliphatic heterocycles. The number of allylic oxidation sites excluding steroid dienone is 4. The molecular weight excluding hydrogens is 132 g/mol. The van der Waals surface area contributed by atoms with Gasteiger partial charge >= 0.3 is 0 Å². The van der Waals surface area contributed by atoms with Crippen LogP contribution in [-0.2, 0) is 0 Å². The van der Waals surface area contributed by atoms with Gasteiger partial charge in [-0.3, -0.25) is 0 Å². The first-order valence-electron chi connectivity index (χ1n) is 4.72. The Morgan fingerprint density at radius 1 is 1.36 bits per heavy atom. The zero-order valence-corrected chi connectivity index (χ0v) is 7.22. The van der Waals surface area contributed by atoms with E-state index in [-0.39, 0.29) is 0 Å². The van der Waals surface area contributed by atoms with Gasteiger partial charge in [-0.25, -0.2) is 0 Å². The predicted octanol–water partition coefficient (Wildman–Crippen LogP) is 3.31. The lowest BCUT2D eigenvalue weighted by Crippen LogP contribution is -1.96. The fourth-order valence-electron chi connectivity index (χ4n) is 2.52. The second-order valence-electron chi connectivity index (χ2n) is 3.85. The van der Waals surface area contributed by atoms with Crippen LogP contribution in [0.1, 0.15) is 32.6 Å². The van der Waals surface area contributed by atoms with Gasteiger partial charge in [-0.2, -0.15) is 0 Å². The summed E-state index contributed by atoms with van der Waals surface area (Å²) in [4.78, 5) is 0. The van der Waals surface area contributed by atoms with Crippen molar-refractivity contribution < 1.29 is 0 Å². The van der Waals surface area contributed by atoms with E-state index in [1.807, 2.05) is 0 Å². The molecule has 0 amide bonds. The average Bonchev–Trinajstić information content (AvgIpc) is 2.60. The summed E-state index contributed by atoms with van der Waals surface area (Å²) < 4.78 is 0. The van der Waals surface area contributed by atoms with Crippen LogP contribution in [0.15, 0.2) is 23.8 Å². The van der Waals surface area contributed by atoms with Crippen LogP contribution < -0.4 is 0 Å². The molecule has 2 aliphatic rings. The molecule has 11 heavy (non-hydrogen) atoms. The Hall–Kier alpha value is -0.520. The SMILES string of the molecule is CC=CC=C1CC2CCC1C2. The molecular formula is C11H16. The second-order valence-corrected chi connectivity index (χ2v) is 3.85. The number of rotatable bonds is 1. The monoisotopic (exact) mass is 148 g/mol. The molecule has 60 valence electrons. The molecule has 0 heteroatoms. The molecule has 2 saturated carbocycles. The fourth-order valence-corrected chi connectivity index (χ4v) is 2.52. The van der Waals surface area contributed by atoms with E-state index in [2.05, 4.69) is 25.2 Å². The van der Waals surface area contributed by atoms with Gasteiger partial charge in [-0.1, -0.05) is 23.8 Å². The third kappa shape index (κ3) is 1.26. The summed E-state index contributed by atoms with van der Waals surface area (Å²) in [5, 5.41) is 0. The molecule has 2 rings (SSSR count). The Morgan fingerprint density at radius 3 is 2.82 bits per heavy atom. The first kappa shape index (κ1) is 7.15. The Labute approximate surface area is 69.0 Å². The largest absolute Gasteiger partial charge is 0.0877 e. The highest BCUT2D eigenvalue weighted by Crippen LogP contribution is 2.47. The number of hydrogen-bond acceptors (Lipinski definition) is 0. The highest BCUT2D eigenvalue weighted by atomic mass is 14.4. The van der Waals surface area contributed by atoms with Crippen LogP contribution in [0.4, 0.5) is 0 Å². The summed E-state index contributed by atoms with van der Waals surface area (Å²) >= 11 is 0. The fraction of sp³-hybridized carbons (Fsp3) is 0.636. The van der Waals surface area contributed by atoms with Crippen LogP contribution in [0.3, 0.4) is 0 Å². The van der Waals surface area contributed by atoms with Crippen molar-refractivity contribution in [3.63, 3.8) is 0 Å². The molecule has 0 heterocycles. The van der Waals surface area contributed by atoms with E-state index in [0.717, 1.165) is 11.8 Å². The summed E-state index contributed by atoms with van der Waals surface area (Å²) in [6, 6.07) is 0. The summed E-state index contributed by atoms with van der Waals surface area (Å²) in [6.07, 6.45) is 12.5. The molecule has 0 radical (unpaired) electrons. The standard InChI is InChI=1S/C11H16/c1-2-3-4-10-7-9-5-6-11(10)8-9/h2-4,9,11H,5-8H2,1H3. The molecule has 2 aliphatic carbocycles. The maximum absolute atomic E-state index is 2.34. The number of hydrogen-bond donors (Lipinski definition) is 0. The summed E-state index contributed by atoms with van der Waals surface area (Å²) in [5.74, 6) is 2.02. The van der Waals surface area contributed by atoms with Gasteiger partial charge in [0.05, 0.1) is 0 Å². The van der Waals surface area contributed by atoms with Crippen LogP contribution in [0.5, 0.6) is 0 Å². The molecule has 0 aromatic heterocycles. The van der Waals surface area contributed by atoms with Gasteiger partial charge in [0, 0.05) is 0 Å². The smallest absolute Gasteiger partial charge is 0.0197 e. The van der Waals surface area contributed by atoms with E-state index in [4.69, 9.17) is 0 Å². The third-order valence-electron chi connectivity index (χ3n) is 3.09. The third-order valence-corrected chi connectivity index (χ3v) is 3.09. The summed E-state index contributed by atoms with van der Waals surface area (Å²) in [7, 11) is 0. The van der Waals surface area contributed by atoms with E-state index in [9.17, 15) is 0 Å². The van der Waals surface area contributed by atoms with Gasteiger partial charge in [-0.15, -0.1) is 0 Å². The van der Waals surface area contributed by atoms with E-state index in [1.165, 1.54) is 25.7 Å². The summed E-state index contributed by atoms with van der Waals surface area (Å²) in [6.45, 7) is 2.09. The van der Waals surface area contributed by atoms with Crippen molar-refractivity contribution in [1.29, 1.82) is 0 Å². The molecule has 0 saturated heterocycles. The van der Waals surface area contributed by atoms with Crippen molar-refractivity contribution in [2.75, 3.05) is 0 Å². The van der Waals surface area contributed by atoms with Crippen molar-refractivity contribution in [3.05, 3.63) is 23.8 Å². The van der Waals surface area contributed by atoms with Gasteiger partial charge in [0.1, 0.15) is 0 Å². The first-order chi connectivity index (χ1) is 5.40. The molecule has 2 atom stereocenters. The van der Waals surface area contributed by atoms with Gasteiger partial charge in [0.2, 0.25) is 0 Å². The minimum Gasteiger partial charge on any atom is -0.0877 e. The first-order valence-corrected chi connectivity index (χ1v) is 4.72.